The molecule has 3 rings (SSSR count). The van der Waals surface area contributed by atoms with Crippen molar-refractivity contribution in [1.29, 1.82) is 0 Å². The molecule has 150 valence electrons. The Hall–Kier alpha value is -1.93. The van der Waals surface area contributed by atoms with Crippen LogP contribution >= 0.6 is 11.6 Å². The second-order valence-corrected chi connectivity index (χ2v) is 8.98. The van der Waals surface area contributed by atoms with Crippen LogP contribution in [-0.2, 0) is 14.8 Å². The highest BCUT2D eigenvalue weighted by atomic mass is 35.5. The van der Waals surface area contributed by atoms with Gasteiger partial charge in [0, 0.05) is 24.4 Å². The quantitative estimate of drug-likeness (QED) is 0.743. The number of aryl methyl sites for hydroxylation is 1. The highest BCUT2D eigenvalue weighted by Gasteiger charge is 2.23. The molecule has 0 spiro atoms. The van der Waals surface area contributed by atoms with Crippen molar-refractivity contribution in [2.75, 3.05) is 18.5 Å². The normalized spacial score (nSPS) is 16.9. The summed E-state index contributed by atoms with van der Waals surface area (Å²) >= 11 is 6.10. The van der Waals surface area contributed by atoms with E-state index in [-0.39, 0.29) is 28.1 Å². The first-order valence-electron chi connectivity index (χ1n) is 9.06. The lowest BCUT2D eigenvalue weighted by Gasteiger charge is -2.14. The summed E-state index contributed by atoms with van der Waals surface area (Å²) < 4.78 is 33.3. The molecule has 1 amide bonds. The number of rotatable bonds is 6. The SMILES string of the molecule is Cc1cccc(NC(=O)c2ccc(Cl)c(S(=O)(=O)NCC3CCCO3)c2)c1C. The summed E-state index contributed by atoms with van der Waals surface area (Å²) in [6, 6.07) is 9.82. The van der Waals surface area contributed by atoms with Crippen LogP contribution in [0.2, 0.25) is 5.02 Å². The van der Waals surface area contributed by atoms with Gasteiger partial charge >= 0.3 is 0 Å². The summed E-state index contributed by atoms with van der Waals surface area (Å²) in [7, 11) is -3.86. The number of anilines is 1. The molecule has 0 saturated carbocycles. The minimum Gasteiger partial charge on any atom is -0.377 e. The molecule has 1 aliphatic heterocycles. The van der Waals surface area contributed by atoms with Gasteiger partial charge in [-0.25, -0.2) is 13.1 Å². The maximum Gasteiger partial charge on any atom is 0.255 e. The largest absolute Gasteiger partial charge is 0.377 e. The Morgan fingerprint density at radius 3 is 2.75 bits per heavy atom. The zero-order valence-corrected chi connectivity index (χ0v) is 17.4. The van der Waals surface area contributed by atoms with Crippen molar-refractivity contribution in [2.45, 2.75) is 37.7 Å². The average Bonchev–Trinajstić information content (AvgIpc) is 3.18. The number of halogens is 1. The molecule has 8 heteroatoms. The summed E-state index contributed by atoms with van der Waals surface area (Å²) in [5.41, 5.74) is 2.90. The zero-order chi connectivity index (χ0) is 20.3. The first-order chi connectivity index (χ1) is 13.3. The fourth-order valence-corrected chi connectivity index (χ4v) is 4.61. The lowest BCUT2D eigenvalue weighted by atomic mass is 10.1. The van der Waals surface area contributed by atoms with Gasteiger partial charge in [0.1, 0.15) is 4.90 Å². The van der Waals surface area contributed by atoms with Crippen LogP contribution in [0, 0.1) is 13.8 Å². The van der Waals surface area contributed by atoms with Gasteiger partial charge in [-0.3, -0.25) is 4.79 Å². The molecule has 0 radical (unpaired) electrons. The van der Waals surface area contributed by atoms with E-state index in [9.17, 15) is 13.2 Å². The Balaban J connectivity index is 1.80. The first-order valence-corrected chi connectivity index (χ1v) is 10.9. The minimum atomic E-state index is -3.86. The third-order valence-electron chi connectivity index (χ3n) is 4.86. The third kappa shape index (κ3) is 4.72. The van der Waals surface area contributed by atoms with Crippen LogP contribution in [0.1, 0.15) is 34.3 Å². The summed E-state index contributed by atoms with van der Waals surface area (Å²) in [6.45, 7) is 4.69. The summed E-state index contributed by atoms with van der Waals surface area (Å²) in [6.07, 6.45) is 1.60. The van der Waals surface area contributed by atoms with E-state index < -0.39 is 15.9 Å². The van der Waals surface area contributed by atoms with E-state index in [1.165, 1.54) is 18.2 Å². The van der Waals surface area contributed by atoms with Crippen molar-refractivity contribution >= 4 is 33.2 Å². The van der Waals surface area contributed by atoms with Crippen LogP contribution in [0.15, 0.2) is 41.3 Å². The molecule has 1 atom stereocenters. The number of hydrogen-bond donors (Lipinski definition) is 2. The summed E-state index contributed by atoms with van der Waals surface area (Å²) in [5.74, 6) is -0.402. The number of carbonyl (C=O) groups excluding carboxylic acids is 1. The lowest BCUT2D eigenvalue weighted by molar-refractivity contribution is 0.102. The average molecular weight is 423 g/mol. The Kier molecular flexibility index (Phi) is 6.40. The number of amides is 1. The van der Waals surface area contributed by atoms with Crippen LogP contribution in [0.3, 0.4) is 0 Å². The van der Waals surface area contributed by atoms with Gasteiger partial charge in [0.05, 0.1) is 11.1 Å². The van der Waals surface area contributed by atoms with Crippen molar-refractivity contribution in [1.82, 2.24) is 4.72 Å². The Labute approximate surface area is 170 Å². The van der Waals surface area contributed by atoms with E-state index in [4.69, 9.17) is 16.3 Å². The zero-order valence-electron chi connectivity index (χ0n) is 15.8. The maximum absolute atomic E-state index is 12.7. The molecule has 2 N–H and O–H groups in total. The minimum absolute atomic E-state index is 0.0585. The highest BCUT2D eigenvalue weighted by molar-refractivity contribution is 7.89. The van der Waals surface area contributed by atoms with Crippen LogP contribution in [0.5, 0.6) is 0 Å². The number of ether oxygens (including phenoxy) is 1. The molecule has 6 nitrogen and oxygen atoms in total. The van der Waals surface area contributed by atoms with E-state index in [0.717, 1.165) is 24.0 Å². The van der Waals surface area contributed by atoms with Crippen LogP contribution < -0.4 is 10.0 Å². The molecule has 28 heavy (non-hydrogen) atoms. The number of sulfonamides is 1. The standard InChI is InChI=1S/C20H23ClN2O4S/c1-13-5-3-7-18(14(13)2)23-20(24)15-8-9-17(21)19(11-15)28(25,26)22-12-16-6-4-10-27-16/h3,5,7-9,11,16,22H,4,6,10,12H2,1-2H3,(H,23,24). The van der Waals surface area contributed by atoms with Crippen LogP contribution in [0.25, 0.3) is 0 Å². The van der Waals surface area contributed by atoms with Gasteiger partial charge < -0.3 is 10.1 Å². The predicted octanol–water partition coefficient (Wildman–Crippen LogP) is 3.67. The van der Waals surface area contributed by atoms with Gasteiger partial charge in [-0.15, -0.1) is 0 Å². The molecule has 1 unspecified atom stereocenters. The molecule has 1 saturated heterocycles. The second-order valence-electron chi connectivity index (χ2n) is 6.83. The Bertz CT molecular complexity index is 986. The van der Waals surface area contributed by atoms with Crippen LogP contribution in [0.4, 0.5) is 5.69 Å². The van der Waals surface area contributed by atoms with Crippen molar-refractivity contribution < 1.29 is 17.9 Å². The monoisotopic (exact) mass is 422 g/mol. The molecule has 0 bridgehead atoms. The number of carbonyl (C=O) groups is 1. The van der Waals surface area contributed by atoms with Gasteiger partial charge in [0.25, 0.3) is 5.91 Å². The second kappa shape index (κ2) is 8.61. The van der Waals surface area contributed by atoms with E-state index >= 15 is 0 Å². The fourth-order valence-electron chi connectivity index (χ4n) is 3.02. The van der Waals surface area contributed by atoms with Gasteiger partial charge in [0.15, 0.2) is 0 Å². The Morgan fingerprint density at radius 2 is 2.04 bits per heavy atom. The third-order valence-corrected chi connectivity index (χ3v) is 6.77. The van der Waals surface area contributed by atoms with Gasteiger partial charge in [0.2, 0.25) is 10.0 Å². The Morgan fingerprint density at radius 1 is 1.25 bits per heavy atom. The van der Waals surface area contributed by atoms with Crippen LogP contribution in [-0.4, -0.2) is 33.6 Å². The molecular weight excluding hydrogens is 400 g/mol. The predicted molar refractivity (Wildman–Crippen MR) is 109 cm³/mol. The molecule has 2 aromatic carbocycles. The van der Waals surface area contributed by atoms with E-state index in [0.29, 0.717) is 12.3 Å². The smallest absolute Gasteiger partial charge is 0.255 e. The van der Waals surface area contributed by atoms with Crippen molar-refractivity contribution in [2.24, 2.45) is 0 Å². The maximum atomic E-state index is 12.7. The van der Waals surface area contributed by atoms with Crippen molar-refractivity contribution in [3.05, 3.63) is 58.1 Å². The first kappa shape index (κ1) is 20.8. The van der Waals surface area contributed by atoms with Gasteiger partial charge in [-0.2, -0.15) is 0 Å². The fraction of sp³-hybridized carbons (Fsp3) is 0.350. The molecule has 1 fully saturated rings. The van der Waals surface area contributed by atoms with Crippen molar-refractivity contribution in [3.8, 4) is 0 Å². The molecule has 0 aromatic heterocycles. The number of hydrogen-bond acceptors (Lipinski definition) is 4. The van der Waals surface area contributed by atoms with Gasteiger partial charge in [-0.1, -0.05) is 23.7 Å². The van der Waals surface area contributed by atoms with Crippen molar-refractivity contribution in [3.63, 3.8) is 0 Å². The molecule has 0 aliphatic carbocycles. The highest BCUT2D eigenvalue weighted by Crippen LogP contribution is 2.24. The summed E-state index contributed by atoms with van der Waals surface area (Å²) in [5, 5.41) is 2.88. The number of benzene rings is 2. The van der Waals surface area contributed by atoms with E-state index in [1.807, 2.05) is 26.0 Å². The van der Waals surface area contributed by atoms with E-state index in [2.05, 4.69) is 10.0 Å². The number of nitrogens with one attached hydrogen (secondary N) is 2. The molecule has 1 aliphatic rings. The summed E-state index contributed by atoms with van der Waals surface area (Å²) in [4.78, 5) is 12.5. The molecule has 1 heterocycles. The lowest BCUT2D eigenvalue weighted by Crippen LogP contribution is -2.32. The molecule has 2 aromatic rings. The van der Waals surface area contributed by atoms with E-state index in [1.54, 1.807) is 6.07 Å². The van der Waals surface area contributed by atoms with Gasteiger partial charge in [-0.05, 0) is 62.1 Å². The molecular formula is C20H23ClN2O4S. The topological polar surface area (TPSA) is 84.5 Å².